The first-order chi connectivity index (χ1) is 11.2. The van der Waals surface area contributed by atoms with Crippen LogP contribution in [-0.4, -0.2) is 51.3 Å². The highest BCUT2D eigenvalue weighted by Gasteiger charge is 2.03. The van der Waals surface area contributed by atoms with Crippen molar-refractivity contribution >= 4 is 29.9 Å². The molecule has 5 nitrogen and oxygen atoms in total. The second-order valence-corrected chi connectivity index (χ2v) is 5.68. The SMILES string of the molecule is CCNC(=NCc1ccccc1CN(C)C)NCCCOCC.I. The third kappa shape index (κ3) is 10.1. The lowest BCUT2D eigenvalue weighted by atomic mass is 10.1. The van der Waals surface area contributed by atoms with E-state index < -0.39 is 0 Å². The van der Waals surface area contributed by atoms with Crippen molar-refractivity contribution in [3.05, 3.63) is 35.4 Å². The van der Waals surface area contributed by atoms with Gasteiger partial charge in [0.15, 0.2) is 5.96 Å². The minimum absolute atomic E-state index is 0. The fraction of sp³-hybridized carbons (Fsp3) is 0.611. The molecule has 6 heteroatoms. The van der Waals surface area contributed by atoms with E-state index in [1.807, 2.05) is 6.92 Å². The number of rotatable bonds is 10. The Morgan fingerprint density at radius 3 is 2.46 bits per heavy atom. The lowest BCUT2D eigenvalue weighted by molar-refractivity contribution is 0.145. The molecule has 0 bridgehead atoms. The summed E-state index contributed by atoms with van der Waals surface area (Å²) in [6.45, 7) is 9.00. The van der Waals surface area contributed by atoms with Gasteiger partial charge in [0.25, 0.3) is 0 Å². The van der Waals surface area contributed by atoms with Crippen LogP contribution in [0.4, 0.5) is 0 Å². The van der Waals surface area contributed by atoms with Gasteiger partial charge in [-0.25, -0.2) is 4.99 Å². The first kappa shape index (κ1) is 23.1. The zero-order valence-electron chi connectivity index (χ0n) is 15.5. The highest BCUT2D eigenvalue weighted by molar-refractivity contribution is 14.0. The van der Waals surface area contributed by atoms with Crippen molar-refractivity contribution in [2.45, 2.75) is 33.4 Å². The maximum atomic E-state index is 5.35. The second kappa shape index (κ2) is 14.5. The molecule has 0 unspecified atom stereocenters. The van der Waals surface area contributed by atoms with E-state index in [9.17, 15) is 0 Å². The van der Waals surface area contributed by atoms with Gasteiger partial charge in [-0.15, -0.1) is 24.0 Å². The summed E-state index contributed by atoms with van der Waals surface area (Å²) in [6.07, 6.45) is 0.982. The summed E-state index contributed by atoms with van der Waals surface area (Å²) < 4.78 is 5.35. The van der Waals surface area contributed by atoms with Crippen molar-refractivity contribution < 1.29 is 4.74 Å². The molecule has 0 aromatic heterocycles. The van der Waals surface area contributed by atoms with Crippen LogP contribution in [0.3, 0.4) is 0 Å². The zero-order chi connectivity index (χ0) is 16.9. The van der Waals surface area contributed by atoms with Crippen molar-refractivity contribution in [3.63, 3.8) is 0 Å². The molecule has 0 radical (unpaired) electrons. The number of guanidine groups is 1. The van der Waals surface area contributed by atoms with Gasteiger partial charge in [-0.05, 0) is 45.5 Å². The summed E-state index contributed by atoms with van der Waals surface area (Å²) in [4.78, 5) is 6.88. The number of hydrogen-bond acceptors (Lipinski definition) is 3. The van der Waals surface area contributed by atoms with Crippen molar-refractivity contribution in [1.82, 2.24) is 15.5 Å². The molecule has 0 fully saturated rings. The van der Waals surface area contributed by atoms with Crippen molar-refractivity contribution in [3.8, 4) is 0 Å². The first-order valence-corrected chi connectivity index (χ1v) is 8.48. The highest BCUT2D eigenvalue weighted by atomic mass is 127. The average molecular weight is 448 g/mol. The molecule has 0 aliphatic carbocycles. The van der Waals surface area contributed by atoms with Gasteiger partial charge in [-0.1, -0.05) is 24.3 Å². The van der Waals surface area contributed by atoms with E-state index >= 15 is 0 Å². The van der Waals surface area contributed by atoms with Crippen molar-refractivity contribution in [1.29, 1.82) is 0 Å². The van der Waals surface area contributed by atoms with Gasteiger partial charge in [0.05, 0.1) is 6.54 Å². The summed E-state index contributed by atoms with van der Waals surface area (Å²) in [5.41, 5.74) is 2.60. The molecule has 138 valence electrons. The number of aliphatic imine (C=N–C) groups is 1. The van der Waals surface area contributed by atoms with Crippen LogP contribution >= 0.6 is 24.0 Å². The van der Waals surface area contributed by atoms with Gasteiger partial charge < -0.3 is 20.3 Å². The van der Waals surface area contributed by atoms with E-state index in [-0.39, 0.29) is 24.0 Å². The van der Waals surface area contributed by atoms with Crippen molar-refractivity contribution in [2.24, 2.45) is 4.99 Å². The molecule has 1 aromatic carbocycles. The fourth-order valence-electron chi connectivity index (χ4n) is 2.24. The van der Waals surface area contributed by atoms with Gasteiger partial charge in [-0.2, -0.15) is 0 Å². The highest BCUT2D eigenvalue weighted by Crippen LogP contribution is 2.11. The van der Waals surface area contributed by atoms with E-state index in [0.717, 1.165) is 45.2 Å². The van der Waals surface area contributed by atoms with E-state index in [0.29, 0.717) is 6.54 Å². The maximum Gasteiger partial charge on any atom is 0.191 e. The molecule has 0 aliphatic heterocycles. The van der Waals surface area contributed by atoms with Crippen LogP contribution in [0, 0.1) is 0 Å². The topological polar surface area (TPSA) is 48.9 Å². The number of hydrogen-bond donors (Lipinski definition) is 2. The Bertz CT molecular complexity index is 466. The largest absolute Gasteiger partial charge is 0.382 e. The Morgan fingerprint density at radius 1 is 1.12 bits per heavy atom. The molecule has 0 saturated carbocycles. The summed E-state index contributed by atoms with van der Waals surface area (Å²) >= 11 is 0. The van der Waals surface area contributed by atoms with E-state index in [4.69, 9.17) is 9.73 Å². The predicted octanol–water partition coefficient (Wildman–Crippen LogP) is 2.85. The predicted molar refractivity (Wildman–Crippen MR) is 113 cm³/mol. The number of nitrogens with zero attached hydrogens (tertiary/aromatic N) is 2. The number of ether oxygens (including phenoxy) is 1. The average Bonchev–Trinajstić information content (AvgIpc) is 2.53. The minimum Gasteiger partial charge on any atom is -0.382 e. The monoisotopic (exact) mass is 448 g/mol. The Kier molecular flexibility index (Phi) is 14.0. The van der Waals surface area contributed by atoms with Gasteiger partial charge in [-0.3, -0.25) is 0 Å². The molecule has 1 rings (SSSR count). The molecule has 0 heterocycles. The Balaban J connectivity index is 0.00000529. The molecule has 0 amide bonds. The third-order valence-corrected chi connectivity index (χ3v) is 3.32. The van der Waals surface area contributed by atoms with E-state index in [2.05, 4.69) is 60.8 Å². The molecule has 0 saturated heterocycles. The molecular weight excluding hydrogens is 415 g/mol. The smallest absolute Gasteiger partial charge is 0.191 e. The van der Waals surface area contributed by atoms with Gasteiger partial charge in [0.1, 0.15) is 0 Å². The van der Waals surface area contributed by atoms with Crippen LogP contribution in [0.25, 0.3) is 0 Å². The quantitative estimate of drug-likeness (QED) is 0.250. The maximum absolute atomic E-state index is 5.35. The number of nitrogens with one attached hydrogen (secondary N) is 2. The lowest BCUT2D eigenvalue weighted by Gasteiger charge is -2.14. The van der Waals surface area contributed by atoms with Crippen LogP contribution in [0.1, 0.15) is 31.4 Å². The fourth-order valence-corrected chi connectivity index (χ4v) is 2.24. The van der Waals surface area contributed by atoms with E-state index in [1.165, 1.54) is 11.1 Å². The molecule has 1 aromatic rings. The lowest BCUT2D eigenvalue weighted by Crippen LogP contribution is -2.38. The second-order valence-electron chi connectivity index (χ2n) is 5.68. The van der Waals surface area contributed by atoms with Crippen LogP contribution in [0.5, 0.6) is 0 Å². The summed E-state index contributed by atoms with van der Waals surface area (Å²) in [5, 5.41) is 6.65. The van der Waals surface area contributed by atoms with Gasteiger partial charge in [0.2, 0.25) is 0 Å². The van der Waals surface area contributed by atoms with Crippen LogP contribution in [0.15, 0.2) is 29.3 Å². The van der Waals surface area contributed by atoms with Crippen LogP contribution in [0.2, 0.25) is 0 Å². The summed E-state index contributed by atoms with van der Waals surface area (Å²) in [5.74, 6) is 0.864. The standard InChI is InChI=1S/C18H32N4O.HI/c1-5-19-18(20-12-9-13-23-6-2)21-14-16-10-7-8-11-17(16)15-22(3)4;/h7-8,10-11H,5-6,9,12-15H2,1-4H3,(H2,19,20,21);1H. The first-order valence-electron chi connectivity index (χ1n) is 8.48. The Morgan fingerprint density at radius 2 is 1.83 bits per heavy atom. The van der Waals surface area contributed by atoms with Crippen LogP contribution in [-0.2, 0) is 17.8 Å². The zero-order valence-corrected chi connectivity index (χ0v) is 17.8. The van der Waals surface area contributed by atoms with Gasteiger partial charge in [0, 0.05) is 32.8 Å². The molecule has 0 atom stereocenters. The number of benzene rings is 1. The molecule has 2 N–H and O–H groups in total. The number of halogens is 1. The minimum atomic E-state index is 0. The van der Waals surface area contributed by atoms with Crippen LogP contribution < -0.4 is 10.6 Å². The Labute approximate surface area is 164 Å². The summed E-state index contributed by atoms with van der Waals surface area (Å²) in [7, 11) is 4.17. The molecule has 0 spiro atoms. The Hall–Kier alpha value is -0.860. The molecule has 0 aliphatic rings. The van der Waals surface area contributed by atoms with E-state index in [1.54, 1.807) is 0 Å². The normalized spacial score (nSPS) is 11.3. The third-order valence-electron chi connectivity index (χ3n) is 3.32. The van der Waals surface area contributed by atoms with Gasteiger partial charge >= 0.3 is 0 Å². The molecular formula is C18H33IN4O. The summed E-state index contributed by atoms with van der Waals surface area (Å²) in [6, 6.07) is 8.49. The molecule has 24 heavy (non-hydrogen) atoms. The van der Waals surface area contributed by atoms with Crippen molar-refractivity contribution in [2.75, 3.05) is 40.4 Å².